The summed E-state index contributed by atoms with van der Waals surface area (Å²) in [4.78, 5) is 53.4. The molecule has 0 heterocycles. The van der Waals surface area contributed by atoms with E-state index < -0.39 is 56.1 Å². The predicted octanol–water partition coefficient (Wildman–Crippen LogP) is -3.05. The molecule has 0 unspecified atom stereocenters. The smallest absolute Gasteiger partial charge is 0.317 e. The van der Waals surface area contributed by atoms with Crippen molar-refractivity contribution in [3.63, 3.8) is 0 Å². The molecule has 138 valence electrons. The average molecular weight is 352 g/mol. The zero-order valence-corrected chi connectivity index (χ0v) is 12.6. The topological polar surface area (TPSA) is 225 Å². The second-order valence-electron chi connectivity index (χ2n) is 4.40. The van der Waals surface area contributed by atoms with Crippen molar-refractivity contribution in [1.29, 1.82) is 0 Å². The first-order valence-electron chi connectivity index (χ1n) is 6.30. The SMILES string of the molecule is NC(N)=O.O=C(O)CN(CCN(CC(=O)O)CC(=O)O)CC(=O)O. The number of carboxylic acid groups (broad SMARTS) is 4. The maximum absolute atomic E-state index is 10.6. The van der Waals surface area contributed by atoms with Crippen molar-refractivity contribution in [1.82, 2.24) is 9.80 Å². The highest BCUT2D eigenvalue weighted by Crippen LogP contribution is 1.94. The van der Waals surface area contributed by atoms with E-state index in [0.717, 1.165) is 9.80 Å². The van der Waals surface area contributed by atoms with Crippen LogP contribution >= 0.6 is 0 Å². The first kappa shape index (κ1) is 23.3. The van der Waals surface area contributed by atoms with Gasteiger partial charge in [0, 0.05) is 13.1 Å². The Morgan fingerprint density at radius 2 is 0.750 bits per heavy atom. The Morgan fingerprint density at radius 3 is 0.875 bits per heavy atom. The van der Waals surface area contributed by atoms with Gasteiger partial charge in [0.1, 0.15) is 0 Å². The summed E-state index contributed by atoms with van der Waals surface area (Å²) in [6, 6.07) is -0.833. The van der Waals surface area contributed by atoms with Crippen LogP contribution in [0.25, 0.3) is 0 Å². The first-order chi connectivity index (χ1) is 10.9. The zero-order chi connectivity index (χ0) is 19.3. The molecule has 13 heteroatoms. The second-order valence-corrected chi connectivity index (χ2v) is 4.40. The van der Waals surface area contributed by atoms with Gasteiger partial charge in [0.05, 0.1) is 26.2 Å². The Kier molecular flexibility index (Phi) is 12.3. The van der Waals surface area contributed by atoms with E-state index in [1.165, 1.54) is 0 Å². The molecular weight excluding hydrogens is 332 g/mol. The minimum absolute atomic E-state index is 0.0703. The third kappa shape index (κ3) is 19.1. The van der Waals surface area contributed by atoms with Crippen molar-refractivity contribution < 1.29 is 44.4 Å². The van der Waals surface area contributed by atoms with Crippen molar-refractivity contribution in [2.24, 2.45) is 11.5 Å². The molecule has 0 fully saturated rings. The molecule has 0 aromatic carbocycles. The summed E-state index contributed by atoms with van der Waals surface area (Å²) in [6.07, 6.45) is 0. The monoisotopic (exact) mass is 352 g/mol. The van der Waals surface area contributed by atoms with Gasteiger partial charge in [-0.25, -0.2) is 4.79 Å². The van der Waals surface area contributed by atoms with Crippen LogP contribution in [0.3, 0.4) is 0 Å². The van der Waals surface area contributed by atoms with Crippen LogP contribution < -0.4 is 11.5 Å². The number of nitrogens with two attached hydrogens (primary N) is 2. The molecule has 0 aliphatic heterocycles. The predicted molar refractivity (Wildman–Crippen MR) is 77.2 cm³/mol. The van der Waals surface area contributed by atoms with Crippen LogP contribution in [0.4, 0.5) is 4.79 Å². The third-order valence-electron chi connectivity index (χ3n) is 2.17. The minimum Gasteiger partial charge on any atom is -0.480 e. The van der Waals surface area contributed by atoms with E-state index >= 15 is 0 Å². The largest absolute Gasteiger partial charge is 0.480 e. The molecule has 0 aromatic rings. The normalized spacial score (nSPS) is 9.92. The fraction of sp³-hybridized carbons (Fsp3) is 0.545. The summed E-state index contributed by atoms with van der Waals surface area (Å²) < 4.78 is 0. The number of urea groups is 1. The molecule has 0 spiro atoms. The highest BCUT2D eigenvalue weighted by Gasteiger charge is 2.17. The number of rotatable bonds is 11. The Hall–Kier alpha value is -2.93. The summed E-state index contributed by atoms with van der Waals surface area (Å²) in [6.45, 7) is -2.25. The van der Waals surface area contributed by atoms with Crippen LogP contribution in [0.15, 0.2) is 0 Å². The van der Waals surface area contributed by atoms with Crippen molar-refractivity contribution in [3.05, 3.63) is 0 Å². The van der Waals surface area contributed by atoms with Crippen LogP contribution in [0.1, 0.15) is 0 Å². The number of hydrogen-bond donors (Lipinski definition) is 6. The summed E-state index contributed by atoms with van der Waals surface area (Å²) in [5.41, 5.74) is 8.50. The van der Waals surface area contributed by atoms with Gasteiger partial charge in [-0.05, 0) is 0 Å². The Labute approximate surface area is 136 Å². The first-order valence-corrected chi connectivity index (χ1v) is 6.30. The van der Waals surface area contributed by atoms with Crippen molar-refractivity contribution >= 4 is 29.9 Å². The van der Waals surface area contributed by atoms with Crippen molar-refractivity contribution in [2.45, 2.75) is 0 Å². The van der Waals surface area contributed by atoms with Gasteiger partial charge in [0.15, 0.2) is 0 Å². The van der Waals surface area contributed by atoms with E-state index in [-0.39, 0.29) is 13.1 Å². The molecule has 0 radical (unpaired) electrons. The van der Waals surface area contributed by atoms with Crippen LogP contribution in [0.5, 0.6) is 0 Å². The number of carbonyl (C=O) groups excluding carboxylic acids is 1. The summed E-state index contributed by atoms with van der Waals surface area (Å²) >= 11 is 0. The number of carbonyl (C=O) groups is 5. The highest BCUT2D eigenvalue weighted by molar-refractivity contribution is 5.73. The molecule has 0 aliphatic carbocycles. The molecule has 0 bridgehead atoms. The fourth-order valence-electron chi connectivity index (χ4n) is 1.48. The van der Waals surface area contributed by atoms with E-state index in [9.17, 15) is 19.2 Å². The van der Waals surface area contributed by atoms with E-state index in [0.29, 0.717) is 0 Å². The average Bonchev–Trinajstić information content (AvgIpc) is 2.32. The van der Waals surface area contributed by atoms with Gasteiger partial charge in [-0.15, -0.1) is 0 Å². The van der Waals surface area contributed by atoms with Crippen molar-refractivity contribution in [3.8, 4) is 0 Å². The van der Waals surface area contributed by atoms with Gasteiger partial charge < -0.3 is 31.9 Å². The minimum atomic E-state index is -1.23. The number of primary amides is 2. The lowest BCUT2D eigenvalue weighted by Gasteiger charge is -2.23. The number of amides is 2. The van der Waals surface area contributed by atoms with Crippen LogP contribution in [0.2, 0.25) is 0 Å². The lowest BCUT2D eigenvalue weighted by atomic mass is 10.4. The molecule has 0 aliphatic rings. The number of aliphatic carboxylic acids is 4. The van der Waals surface area contributed by atoms with E-state index in [1.54, 1.807) is 0 Å². The Bertz CT molecular complexity index is 396. The molecule has 0 saturated heterocycles. The lowest BCUT2D eigenvalue weighted by Crippen LogP contribution is -2.43. The van der Waals surface area contributed by atoms with Gasteiger partial charge in [-0.1, -0.05) is 0 Å². The van der Waals surface area contributed by atoms with Gasteiger partial charge in [-0.2, -0.15) is 0 Å². The van der Waals surface area contributed by atoms with Gasteiger partial charge in [0.2, 0.25) is 0 Å². The van der Waals surface area contributed by atoms with Gasteiger partial charge in [-0.3, -0.25) is 29.0 Å². The number of hydrogen-bond acceptors (Lipinski definition) is 7. The number of carboxylic acids is 4. The second kappa shape index (κ2) is 12.6. The fourth-order valence-corrected chi connectivity index (χ4v) is 1.48. The molecule has 24 heavy (non-hydrogen) atoms. The maximum Gasteiger partial charge on any atom is 0.317 e. The maximum atomic E-state index is 10.6. The molecule has 13 nitrogen and oxygen atoms in total. The molecule has 0 rings (SSSR count). The van der Waals surface area contributed by atoms with Gasteiger partial charge in [0.25, 0.3) is 0 Å². The lowest BCUT2D eigenvalue weighted by molar-refractivity contribution is -0.145. The third-order valence-corrected chi connectivity index (χ3v) is 2.17. The Morgan fingerprint density at radius 1 is 0.583 bits per heavy atom. The summed E-state index contributed by atoms with van der Waals surface area (Å²) in [7, 11) is 0. The van der Waals surface area contributed by atoms with Gasteiger partial charge >= 0.3 is 29.9 Å². The molecule has 2 amide bonds. The summed E-state index contributed by atoms with van der Waals surface area (Å²) in [5, 5.41) is 34.5. The molecule has 0 aromatic heterocycles. The van der Waals surface area contributed by atoms with Crippen LogP contribution in [-0.4, -0.2) is 99.4 Å². The van der Waals surface area contributed by atoms with E-state index in [4.69, 9.17) is 25.2 Å². The summed E-state index contributed by atoms with van der Waals surface area (Å²) in [5.74, 6) is -4.91. The molecular formula is C11H20N4O9. The highest BCUT2D eigenvalue weighted by atomic mass is 16.4. The molecule has 8 N–H and O–H groups in total. The quantitative estimate of drug-likeness (QED) is 0.219. The van der Waals surface area contributed by atoms with E-state index in [2.05, 4.69) is 11.5 Å². The standard InChI is InChI=1S/C10H16N2O8.CH4N2O/c13-7(14)3-11(4-8(15)16)1-2-12(5-9(17)18)6-10(19)20;2-1(3)4/h1-6H2,(H,13,14)(H,15,16)(H,17,18)(H,19,20);(H4,2,3,4). The zero-order valence-electron chi connectivity index (χ0n) is 12.6. The van der Waals surface area contributed by atoms with E-state index in [1.807, 2.05) is 0 Å². The molecule has 0 saturated carbocycles. The Balaban J connectivity index is 0. The molecule has 0 atom stereocenters. The van der Waals surface area contributed by atoms with Crippen LogP contribution in [-0.2, 0) is 19.2 Å². The number of nitrogens with zero attached hydrogens (tertiary/aromatic N) is 2. The van der Waals surface area contributed by atoms with Crippen LogP contribution in [0, 0.1) is 0 Å². The van der Waals surface area contributed by atoms with Crippen molar-refractivity contribution in [2.75, 3.05) is 39.3 Å².